The highest BCUT2D eigenvalue weighted by Crippen LogP contribution is 2.31. The molecule has 0 aliphatic carbocycles. The number of nitrogens with zero attached hydrogens (tertiary/aromatic N) is 2. The molecule has 0 spiro atoms. The van der Waals surface area contributed by atoms with Gasteiger partial charge in [-0.3, -0.25) is 0 Å². The smallest absolute Gasteiger partial charge is 0.257 e. The Hall–Kier alpha value is -3.11. The number of rotatable bonds is 11. The molecule has 0 radical (unpaired) electrons. The third kappa shape index (κ3) is 6.94. The van der Waals surface area contributed by atoms with Gasteiger partial charge in [-0.1, -0.05) is 11.6 Å². The van der Waals surface area contributed by atoms with E-state index in [-0.39, 0.29) is 35.9 Å². The number of methoxy groups -OCH3 is 2. The Morgan fingerprint density at radius 1 is 1.06 bits per heavy atom. The number of benzene rings is 2. The molecule has 0 atom stereocenters. The molecule has 1 N–H and O–H groups in total. The van der Waals surface area contributed by atoms with Gasteiger partial charge in [-0.15, -0.1) is 10.2 Å². The molecular weight excluding hydrogens is 485 g/mol. The van der Waals surface area contributed by atoms with Crippen LogP contribution >= 0.6 is 11.6 Å². The summed E-state index contributed by atoms with van der Waals surface area (Å²) in [6.07, 6.45) is 1.45. The van der Waals surface area contributed by atoms with Crippen molar-refractivity contribution in [1.82, 2.24) is 10.2 Å². The summed E-state index contributed by atoms with van der Waals surface area (Å²) in [7, 11) is 0.0169. The van der Waals surface area contributed by atoms with E-state index in [9.17, 15) is 12.8 Å². The normalized spacial score (nSPS) is 11.2. The zero-order chi connectivity index (χ0) is 24.7. The highest BCUT2D eigenvalue weighted by atomic mass is 35.5. The van der Waals surface area contributed by atoms with Crippen molar-refractivity contribution in [3.05, 3.63) is 58.9 Å². The van der Waals surface area contributed by atoms with Gasteiger partial charge in [-0.2, -0.15) is 0 Å². The average molecular weight is 510 g/mol. The second-order valence-corrected chi connectivity index (χ2v) is 10.1. The first-order chi connectivity index (χ1) is 16.2. The summed E-state index contributed by atoms with van der Waals surface area (Å²) in [6.45, 7) is 0.448. The van der Waals surface area contributed by atoms with Gasteiger partial charge < -0.3 is 19.5 Å². The minimum atomic E-state index is -3.11. The van der Waals surface area contributed by atoms with E-state index < -0.39 is 15.7 Å². The van der Waals surface area contributed by atoms with E-state index in [4.69, 9.17) is 25.8 Å². The summed E-state index contributed by atoms with van der Waals surface area (Å²) in [6, 6.07) is 11.2. The van der Waals surface area contributed by atoms with Crippen LogP contribution in [0.5, 0.6) is 17.4 Å². The van der Waals surface area contributed by atoms with Crippen LogP contribution in [0.1, 0.15) is 12.0 Å². The summed E-state index contributed by atoms with van der Waals surface area (Å²) in [5, 5.41) is 11.8. The van der Waals surface area contributed by atoms with Gasteiger partial charge in [0.05, 0.1) is 32.3 Å². The lowest BCUT2D eigenvalue weighted by Crippen LogP contribution is -2.11. The van der Waals surface area contributed by atoms with Crippen LogP contribution in [0.25, 0.3) is 11.3 Å². The topological polar surface area (TPSA) is 99.6 Å². The van der Waals surface area contributed by atoms with E-state index in [1.807, 2.05) is 6.07 Å². The molecule has 182 valence electrons. The molecule has 0 aliphatic rings. The second-order valence-electron chi connectivity index (χ2n) is 7.44. The lowest BCUT2D eigenvalue weighted by atomic mass is 10.1. The number of nitrogens with one attached hydrogen (secondary N) is 1. The Balaban J connectivity index is 1.88. The molecule has 0 aliphatic heterocycles. The van der Waals surface area contributed by atoms with Gasteiger partial charge in [0.1, 0.15) is 32.8 Å². The van der Waals surface area contributed by atoms with Crippen LogP contribution in [0, 0.1) is 5.82 Å². The lowest BCUT2D eigenvalue weighted by Gasteiger charge is -2.15. The predicted octanol–water partition coefficient (Wildman–Crippen LogP) is 4.38. The highest BCUT2D eigenvalue weighted by Gasteiger charge is 2.15. The molecule has 2 aromatic carbocycles. The first-order valence-corrected chi connectivity index (χ1v) is 12.7. The summed E-state index contributed by atoms with van der Waals surface area (Å²) < 4.78 is 53.5. The van der Waals surface area contributed by atoms with E-state index in [2.05, 4.69) is 15.5 Å². The molecule has 11 heteroatoms. The maximum absolute atomic E-state index is 14.4. The van der Waals surface area contributed by atoms with Crippen LogP contribution < -0.4 is 19.5 Å². The van der Waals surface area contributed by atoms with Crippen molar-refractivity contribution in [2.45, 2.75) is 13.0 Å². The maximum atomic E-state index is 14.4. The van der Waals surface area contributed by atoms with Gasteiger partial charge in [0.25, 0.3) is 5.88 Å². The fraction of sp³-hybridized carbons (Fsp3) is 0.304. The van der Waals surface area contributed by atoms with Crippen molar-refractivity contribution in [1.29, 1.82) is 0 Å². The Morgan fingerprint density at radius 2 is 1.85 bits per heavy atom. The molecule has 0 amide bonds. The second kappa shape index (κ2) is 11.3. The minimum absolute atomic E-state index is 0.0158. The number of anilines is 1. The Bertz CT molecular complexity index is 1260. The largest absolute Gasteiger partial charge is 0.497 e. The standard InChI is InChI=1S/C23H25ClFN3O5S/c1-31-17-7-5-15(22(12-17)32-2)14-26-21-13-20(18-11-16(24)6-8-19(18)25)27-28-23(21)33-9-4-10-34(3,29)30/h5-8,11-13H,4,9-10,14H2,1-3H3,(H,26,27). The number of hydrogen-bond acceptors (Lipinski definition) is 8. The summed E-state index contributed by atoms with van der Waals surface area (Å²) in [5.41, 5.74) is 1.72. The zero-order valence-electron chi connectivity index (χ0n) is 19.0. The summed E-state index contributed by atoms with van der Waals surface area (Å²) in [4.78, 5) is 0. The molecule has 0 bridgehead atoms. The molecule has 3 rings (SSSR count). The predicted molar refractivity (Wildman–Crippen MR) is 129 cm³/mol. The Kier molecular flexibility index (Phi) is 8.51. The molecule has 0 saturated heterocycles. The van der Waals surface area contributed by atoms with E-state index in [1.165, 1.54) is 18.2 Å². The van der Waals surface area contributed by atoms with Crippen molar-refractivity contribution in [3.8, 4) is 28.6 Å². The number of ether oxygens (including phenoxy) is 3. The third-order valence-electron chi connectivity index (χ3n) is 4.83. The van der Waals surface area contributed by atoms with Gasteiger partial charge in [0.15, 0.2) is 0 Å². The fourth-order valence-corrected chi connectivity index (χ4v) is 3.93. The quantitative estimate of drug-likeness (QED) is 0.380. The number of hydrogen-bond donors (Lipinski definition) is 1. The maximum Gasteiger partial charge on any atom is 0.257 e. The Labute approximate surface area is 202 Å². The first-order valence-electron chi connectivity index (χ1n) is 10.3. The first kappa shape index (κ1) is 25.5. The number of sulfone groups is 1. The van der Waals surface area contributed by atoms with Crippen LogP contribution in [-0.4, -0.2) is 51.5 Å². The molecule has 34 heavy (non-hydrogen) atoms. The van der Waals surface area contributed by atoms with Crippen molar-refractivity contribution in [2.24, 2.45) is 0 Å². The molecule has 1 aromatic heterocycles. The summed E-state index contributed by atoms with van der Waals surface area (Å²) >= 11 is 6.03. The molecule has 8 nitrogen and oxygen atoms in total. The highest BCUT2D eigenvalue weighted by molar-refractivity contribution is 7.90. The van der Waals surface area contributed by atoms with Crippen molar-refractivity contribution in [3.63, 3.8) is 0 Å². The van der Waals surface area contributed by atoms with Crippen LogP contribution in [0.3, 0.4) is 0 Å². The zero-order valence-corrected chi connectivity index (χ0v) is 20.5. The minimum Gasteiger partial charge on any atom is -0.497 e. The molecule has 1 heterocycles. The Morgan fingerprint density at radius 3 is 2.56 bits per heavy atom. The van der Waals surface area contributed by atoms with Crippen molar-refractivity contribution in [2.75, 3.05) is 38.2 Å². The van der Waals surface area contributed by atoms with Crippen molar-refractivity contribution >= 4 is 27.1 Å². The fourth-order valence-electron chi connectivity index (χ4n) is 3.12. The van der Waals surface area contributed by atoms with E-state index in [1.54, 1.807) is 32.4 Å². The van der Waals surface area contributed by atoms with Gasteiger partial charge in [0.2, 0.25) is 0 Å². The number of halogens is 2. The average Bonchev–Trinajstić information content (AvgIpc) is 2.81. The molecule has 3 aromatic rings. The summed E-state index contributed by atoms with van der Waals surface area (Å²) in [5.74, 6) is 0.916. The monoisotopic (exact) mass is 509 g/mol. The van der Waals surface area contributed by atoms with Gasteiger partial charge in [0, 0.05) is 35.0 Å². The van der Waals surface area contributed by atoms with Crippen LogP contribution in [0.4, 0.5) is 10.1 Å². The van der Waals surface area contributed by atoms with Crippen LogP contribution in [-0.2, 0) is 16.4 Å². The van der Waals surface area contributed by atoms with Gasteiger partial charge in [-0.25, -0.2) is 12.8 Å². The molecule has 0 unspecified atom stereocenters. The van der Waals surface area contributed by atoms with Gasteiger partial charge in [-0.05, 0) is 42.8 Å². The molecule has 0 fully saturated rings. The van der Waals surface area contributed by atoms with Gasteiger partial charge >= 0.3 is 0 Å². The van der Waals surface area contributed by atoms with E-state index in [0.29, 0.717) is 28.8 Å². The molecule has 0 saturated carbocycles. The molecular formula is C23H25ClFN3O5S. The van der Waals surface area contributed by atoms with Crippen molar-refractivity contribution < 1.29 is 27.0 Å². The number of aromatic nitrogens is 2. The van der Waals surface area contributed by atoms with Crippen LogP contribution in [0.2, 0.25) is 5.02 Å². The van der Waals surface area contributed by atoms with Crippen LogP contribution in [0.15, 0.2) is 42.5 Å². The van der Waals surface area contributed by atoms with E-state index in [0.717, 1.165) is 11.8 Å². The lowest BCUT2D eigenvalue weighted by molar-refractivity contribution is 0.303. The third-order valence-corrected chi connectivity index (χ3v) is 6.09. The SMILES string of the molecule is COc1ccc(CNc2cc(-c3cc(Cl)ccc3F)nnc2OCCCS(C)(=O)=O)c(OC)c1. The van der Waals surface area contributed by atoms with E-state index >= 15 is 0 Å².